The topological polar surface area (TPSA) is 41.5 Å². The zero-order valence-electron chi connectivity index (χ0n) is 18.8. The minimum absolute atomic E-state index is 0.0177. The molecular formula is C27H33NO2. The van der Waals surface area contributed by atoms with E-state index in [1.807, 2.05) is 0 Å². The van der Waals surface area contributed by atoms with Crippen LogP contribution in [0.15, 0.2) is 59.7 Å². The van der Waals surface area contributed by atoms with Crippen LogP contribution >= 0.6 is 0 Å². The Bertz CT molecular complexity index is 1070. The van der Waals surface area contributed by atoms with Crippen LogP contribution in [0.1, 0.15) is 56.7 Å². The normalized spacial score (nSPS) is 23.5. The molecule has 0 saturated heterocycles. The highest BCUT2D eigenvalue weighted by atomic mass is 16.5. The van der Waals surface area contributed by atoms with Gasteiger partial charge in [-0.25, -0.2) is 0 Å². The average Bonchev–Trinajstić information content (AvgIpc) is 2.74. The van der Waals surface area contributed by atoms with E-state index in [0.29, 0.717) is 6.61 Å². The van der Waals surface area contributed by atoms with Crippen molar-refractivity contribution in [3.63, 3.8) is 0 Å². The fraction of sp³-hybridized carbons (Fsp3) is 0.407. The van der Waals surface area contributed by atoms with Gasteiger partial charge in [0.15, 0.2) is 0 Å². The molecule has 2 atom stereocenters. The minimum Gasteiger partial charge on any atom is -0.392 e. The molecule has 30 heavy (non-hydrogen) atoms. The Labute approximate surface area is 180 Å². The molecule has 1 aliphatic heterocycles. The van der Waals surface area contributed by atoms with E-state index in [1.165, 1.54) is 44.3 Å². The van der Waals surface area contributed by atoms with Gasteiger partial charge in [-0.1, -0.05) is 56.8 Å². The molecule has 0 spiro atoms. The first-order chi connectivity index (χ1) is 14.4. The Kier molecular flexibility index (Phi) is 5.37. The Morgan fingerprint density at radius 2 is 2.03 bits per heavy atom. The average molecular weight is 404 g/mol. The third-order valence-electron chi connectivity index (χ3n) is 7.07. The molecule has 3 nitrogen and oxygen atoms in total. The summed E-state index contributed by atoms with van der Waals surface area (Å²) in [7, 11) is 1.75. The smallest absolute Gasteiger partial charge is 0.0659 e. The molecule has 0 fully saturated rings. The number of ether oxygens (including phenoxy) is 1. The van der Waals surface area contributed by atoms with Gasteiger partial charge in [0.2, 0.25) is 0 Å². The van der Waals surface area contributed by atoms with E-state index in [0.717, 1.165) is 12.0 Å². The summed E-state index contributed by atoms with van der Waals surface area (Å²) in [6, 6.07) is 11.1. The molecule has 158 valence electrons. The lowest BCUT2D eigenvalue weighted by Crippen LogP contribution is -2.44. The maximum Gasteiger partial charge on any atom is 0.0659 e. The summed E-state index contributed by atoms with van der Waals surface area (Å²) in [4.78, 5) is 0. The predicted molar refractivity (Wildman–Crippen MR) is 126 cm³/mol. The Morgan fingerprint density at radius 3 is 2.70 bits per heavy atom. The molecular weight excluding hydrogens is 370 g/mol. The quantitative estimate of drug-likeness (QED) is 0.653. The van der Waals surface area contributed by atoms with E-state index >= 15 is 0 Å². The van der Waals surface area contributed by atoms with Crippen LogP contribution in [0.4, 0.5) is 0 Å². The number of nitrogens with one attached hydrogen (secondary N) is 1. The molecule has 1 heterocycles. The summed E-state index contributed by atoms with van der Waals surface area (Å²) in [6.07, 6.45) is 3.13. The standard InChI is InChI=1S/C27H33NO2/c1-7-22-17(3)26-23-21(20(12-13-30-6)25(28-26)16(2)15-29)14-18-10-8-9-11-19(18)24(23)27(22,4)5/h7-11,14,20,25,28-29H,2,12-13,15H2,1,3-6H3/b22-7+. The third kappa shape index (κ3) is 2.95. The van der Waals surface area contributed by atoms with Gasteiger partial charge in [0.1, 0.15) is 0 Å². The second kappa shape index (κ2) is 7.72. The summed E-state index contributed by atoms with van der Waals surface area (Å²) < 4.78 is 5.46. The SMILES string of the molecule is C=C(CO)C1NC2=C(C)/C(=C\C)C(C)(C)c3c2c(cc2ccccc32)C1CCOC. The van der Waals surface area contributed by atoms with Crippen LogP contribution in [0, 0.1) is 0 Å². The van der Waals surface area contributed by atoms with Gasteiger partial charge in [0, 0.05) is 36.3 Å². The first-order valence-electron chi connectivity index (χ1n) is 10.8. The molecule has 2 aromatic rings. The van der Waals surface area contributed by atoms with Gasteiger partial charge in [-0.2, -0.15) is 0 Å². The number of benzene rings is 2. The van der Waals surface area contributed by atoms with Gasteiger partial charge in [0.25, 0.3) is 0 Å². The third-order valence-corrected chi connectivity index (χ3v) is 7.07. The molecule has 0 amide bonds. The number of hydrogen-bond acceptors (Lipinski definition) is 3. The number of hydrogen-bond donors (Lipinski definition) is 2. The lowest BCUT2D eigenvalue weighted by atomic mass is 9.63. The van der Waals surface area contributed by atoms with Crippen LogP contribution < -0.4 is 5.32 Å². The van der Waals surface area contributed by atoms with E-state index in [-0.39, 0.29) is 24.0 Å². The van der Waals surface area contributed by atoms with Crippen LogP contribution in [0.2, 0.25) is 0 Å². The van der Waals surface area contributed by atoms with Crippen molar-refractivity contribution in [3.05, 3.63) is 76.4 Å². The van der Waals surface area contributed by atoms with Crippen LogP contribution in [0.25, 0.3) is 16.5 Å². The van der Waals surface area contributed by atoms with Crippen LogP contribution in [0.3, 0.4) is 0 Å². The van der Waals surface area contributed by atoms with Gasteiger partial charge in [-0.05, 0) is 58.9 Å². The number of rotatable bonds is 5. The van der Waals surface area contributed by atoms with Gasteiger partial charge in [-0.15, -0.1) is 0 Å². The summed E-state index contributed by atoms with van der Waals surface area (Å²) in [5, 5.41) is 16.3. The van der Waals surface area contributed by atoms with Gasteiger partial charge >= 0.3 is 0 Å². The van der Waals surface area contributed by atoms with Crippen molar-refractivity contribution in [3.8, 4) is 0 Å². The van der Waals surface area contributed by atoms with E-state index in [2.05, 4.69) is 76.0 Å². The molecule has 0 radical (unpaired) electrons. The second-order valence-corrected chi connectivity index (χ2v) is 9.09. The number of methoxy groups -OCH3 is 1. The molecule has 4 rings (SSSR count). The summed E-state index contributed by atoms with van der Waals surface area (Å²) in [5.41, 5.74) is 8.63. The largest absolute Gasteiger partial charge is 0.392 e. The van der Waals surface area contributed by atoms with Crippen molar-refractivity contribution in [2.24, 2.45) is 0 Å². The fourth-order valence-electron chi connectivity index (χ4n) is 5.75. The maximum absolute atomic E-state index is 9.93. The second-order valence-electron chi connectivity index (χ2n) is 9.09. The lowest BCUT2D eigenvalue weighted by molar-refractivity contribution is 0.182. The molecule has 0 saturated carbocycles. The van der Waals surface area contributed by atoms with Crippen LogP contribution in [0.5, 0.6) is 0 Å². The molecule has 0 aromatic heterocycles. The lowest BCUT2D eigenvalue weighted by Gasteiger charge is -2.46. The number of aliphatic hydroxyl groups excluding tert-OH is 1. The Balaban J connectivity index is 2.11. The van der Waals surface area contributed by atoms with Crippen molar-refractivity contribution >= 4 is 16.5 Å². The molecule has 0 bridgehead atoms. The van der Waals surface area contributed by atoms with Crippen LogP contribution in [-0.4, -0.2) is 31.5 Å². The zero-order chi connectivity index (χ0) is 21.6. The fourth-order valence-corrected chi connectivity index (χ4v) is 5.75. The van der Waals surface area contributed by atoms with Gasteiger partial charge in [0.05, 0.1) is 12.6 Å². The predicted octanol–water partition coefficient (Wildman–Crippen LogP) is 5.45. The molecule has 1 aliphatic carbocycles. The number of aliphatic hydroxyl groups is 1. The first kappa shape index (κ1) is 20.9. The molecule has 2 N–H and O–H groups in total. The monoisotopic (exact) mass is 403 g/mol. The maximum atomic E-state index is 9.93. The van der Waals surface area contributed by atoms with Crippen molar-refractivity contribution in [2.45, 2.75) is 51.5 Å². The van der Waals surface area contributed by atoms with Crippen molar-refractivity contribution < 1.29 is 9.84 Å². The highest BCUT2D eigenvalue weighted by molar-refractivity contribution is 5.97. The molecule has 2 aromatic carbocycles. The van der Waals surface area contributed by atoms with E-state index in [9.17, 15) is 5.11 Å². The summed E-state index contributed by atoms with van der Waals surface area (Å²) >= 11 is 0. The highest BCUT2D eigenvalue weighted by Gasteiger charge is 2.43. The van der Waals surface area contributed by atoms with Crippen LogP contribution in [-0.2, 0) is 10.2 Å². The van der Waals surface area contributed by atoms with E-state index in [1.54, 1.807) is 7.11 Å². The van der Waals surface area contributed by atoms with Crippen molar-refractivity contribution in [1.82, 2.24) is 5.32 Å². The minimum atomic E-state index is -0.0956. The van der Waals surface area contributed by atoms with Crippen molar-refractivity contribution in [1.29, 1.82) is 0 Å². The highest BCUT2D eigenvalue weighted by Crippen LogP contribution is 2.53. The number of fused-ring (bicyclic) bond motifs is 2. The van der Waals surface area contributed by atoms with E-state index in [4.69, 9.17) is 4.74 Å². The summed E-state index contributed by atoms with van der Waals surface area (Å²) in [5.74, 6) is 0.197. The zero-order valence-corrected chi connectivity index (χ0v) is 18.8. The Hall–Kier alpha value is -2.36. The van der Waals surface area contributed by atoms with Gasteiger partial charge < -0.3 is 15.2 Å². The van der Waals surface area contributed by atoms with E-state index < -0.39 is 0 Å². The first-order valence-corrected chi connectivity index (χ1v) is 10.8. The molecule has 2 unspecified atom stereocenters. The van der Waals surface area contributed by atoms with Gasteiger partial charge in [-0.3, -0.25) is 0 Å². The number of allylic oxidation sites excluding steroid dienone is 3. The molecule has 2 aliphatic rings. The molecule has 3 heteroatoms. The Morgan fingerprint density at radius 1 is 1.30 bits per heavy atom. The van der Waals surface area contributed by atoms with Crippen molar-refractivity contribution in [2.75, 3.05) is 20.3 Å². The summed E-state index contributed by atoms with van der Waals surface area (Å²) in [6.45, 7) is 13.9.